The van der Waals surface area contributed by atoms with Crippen molar-refractivity contribution in [1.29, 1.82) is 0 Å². The molecule has 2 rings (SSSR count). The lowest BCUT2D eigenvalue weighted by Crippen LogP contribution is -2.35. The minimum atomic E-state index is -0.813. The summed E-state index contributed by atoms with van der Waals surface area (Å²) >= 11 is 0. The molecule has 1 aliphatic heterocycles. The van der Waals surface area contributed by atoms with Crippen LogP contribution in [0.25, 0.3) is 0 Å². The van der Waals surface area contributed by atoms with Crippen LogP contribution in [0.3, 0.4) is 0 Å². The zero-order valence-electron chi connectivity index (χ0n) is 12.0. The van der Waals surface area contributed by atoms with E-state index in [1.807, 2.05) is 12.1 Å². The first-order valence-electron chi connectivity index (χ1n) is 6.96. The molecule has 1 amide bonds. The molecule has 2 atom stereocenters. The SMILES string of the molecule is COC1CNC(C(=O)Nc2ccc(CCC(=O)O)cc2)C1. The summed E-state index contributed by atoms with van der Waals surface area (Å²) in [6, 6.07) is 7.01. The molecule has 0 radical (unpaired) electrons. The largest absolute Gasteiger partial charge is 0.481 e. The van der Waals surface area contributed by atoms with E-state index in [1.54, 1.807) is 19.2 Å². The molecule has 0 bridgehead atoms. The van der Waals surface area contributed by atoms with Gasteiger partial charge in [0.2, 0.25) is 5.91 Å². The second kappa shape index (κ2) is 7.19. The van der Waals surface area contributed by atoms with E-state index < -0.39 is 5.97 Å². The molecule has 3 N–H and O–H groups in total. The lowest BCUT2D eigenvalue weighted by Gasteiger charge is -2.11. The third-order valence-corrected chi connectivity index (χ3v) is 3.59. The van der Waals surface area contributed by atoms with Crippen molar-refractivity contribution in [3.05, 3.63) is 29.8 Å². The predicted molar refractivity (Wildman–Crippen MR) is 78.2 cm³/mol. The maximum Gasteiger partial charge on any atom is 0.303 e. The summed E-state index contributed by atoms with van der Waals surface area (Å²) in [7, 11) is 1.64. The Labute approximate surface area is 123 Å². The molecule has 2 unspecified atom stereocenters. The molecule has 0 aliphatic carbocycles. The van der Waals surface area contributed by atoms with Crippen molar-refractivity contribution in [2.24, 2.45) is 0 Å². The molecule has 1 aliphatic rings. The van der Waals surface area contributed by atoms with Crippen LogP contribution in [-0.4, -0.2) is 42.8 Å². The molecule has 21 heavy (non-hydrogen) atoms. The van der Waals surface area contributed by atoms with Gasteiger partial charge in [0.15, 0.2) is 0 Å². The monoisotopic (exact) mass is 292 g/mol. The van der Waals surface area contributed by atoms with Crippen LogP contribution in [0.4, 0.5) is 5.69 Å². The number of ether oxygens (including phenoxy) is 1. The van der Waals surface area contributed by atoms with Gasteiger partial charge in [0, 0.05) is 25.8 Å². The third kappa shape index (κ3) is 4.54. The Morgan fingerprint density at radius 3 is 2.67 bits per heavy atom. The van der Waals surface area contributed by atoms with Crippen LogP contribution in [0.15, 0.2) is 24.3 Å². The highest BCUT2D eigenvalue weighted by Gasteiger charge is 2.29. The van der Waals surface area contributed by atoms with Crippen molar-refractivity contribution in [3.63, 3.8) is 0 Å². The first-order valence-corrected chi connectivity index (χ1v) is 6.96. The second-order valence-electron chi connectivity index (χ2n) is 5.13. The smallest absolute Gasteiger partial charge is 0.303 e. The summed E-state index contributed by atoms with van der Waals surface area (Å²) in [6.45, 7) is 0.683. The number of hydrogen-bond donors (Lipinski definition) is 3. The topological polar surface area (TPSA) is 87.7 Å². The first-order chi connectivity index (χ1) is 10.1. The Hall–Kier alpha value is -1.92. The average molecular weight is 292 g/mol. The molecular weight excluding hydrogens is 272 g/mol. The Kier molecular flexibility index (Phi) is 5.30. The molecule has 1 aromatic carbocycles. The standard InChI is InChI=1S/C15H20N2O4/c1-21-12-8-13(16-9-12)15(20)17-11-5-2-10(3-6-11)4-7-14(18)19/h2-3,5-6,12-13,16H,4,7-9H2,1H3,(H,17,20)(H,18,19). The van der Waals surface area contributed by atoms with Gasteiger partial charge in [-0.25, -0.2) is 0 Å². The zero-order valence-corrected chi connectivity index (χ0v) is 12.0. The fourth-order valence-electron chi connectivity index (χ4n) is 2.32. The van der Waals surface area contributed by atoms with Gasteiger partial charge in [0.05, 0.1) is 12.1 Å². The number of nitrogens with one attached hydrogen (secondary N) is 2. The number of rotatable bonds is 6. The maximum atomic E-state index is 12.1. The van der Waals surface area contributed by atoms with Crippen molar-refractivity contribution in [2.45, 2.75) is 31.4 Å². The van der Waals surface area contributed by atoms with E-state index in [9.17, 15) is 9.59 Å². The minimum absolute atomic E-state index is 0.0761. The molecule has 0 saturated carbocycles. The number of hydrogen-bond acceptors (Lipinski definition) is 4. The van der Waals surface area contributed by atoms with Crippen LogP contribution in [0.2, 0.25) is 0 Å². The van der Waals surface area contributed by atoms with Crippen LogP contribution in [0.1, 0.15) is 18.4 Å². The number of carboxylic acid groups (broad SMARTS) is 1. The van der Waals surface area contributed by atoms with Gasteiger partial charge in [-0.2, -0.15) is 0 Å². The number of carbonyl (C=O) groups excluding carboxylic acids is 1. The molecule has 0 aromatic heterocycles. The number of carbonyl (C=O) groups is 2. The third-order valence-electron chi connectivity index (χ3n) is 3.59. The summed E-state index contributed by atoms with van der Waals surface area (Å²) in [6.07, 6.45) is 1.34. The van der Waals surface area contributed by atoms with Crippen LogP contribution in [0, 0.1) is 0 Å². The molecular formula is C15H20N2O4. The molecule has 1 heterocycles. The summed E-state index contributed by atoms with van der Waals surface area (Å²) < 4.78 is 5.21. The lowest BCUT2D eigenvalue weighted by atomic mass is 10.1. The van der Waals surface area contributed by atoms with Gasteiger partial charge in [-0.05, 0) is 30.5 Å². The van der Waals surface area contributed by atoms with E-state index >= 15 is 0 Å². The van der Waals surface area contributed by atoms with Gasteiger partial charge < -0.3 is 20.5 Å². The molecule has 1 saturated heterocycles. The Balaban J connectivity index is 1.85. The highest BCUT2D eigenvalue weighted by atomic mass is 16.5. The van der Waals surface area contributed by atoms with Gasteiger partial charge in [0.25, 0.3) is 0 Å². The van der Waals surface area contributed by atoms with Crippen molar-refractivity contribution >= 4 is 17.6 Å². The lowest BCUT2D eigenvalue weighted by molar-refractivity contribution is -0.137. The van der Waals surface area contributed by atoms with E-state index in [1.165, 1.54) is 0 Å². The molecule has 0 spiro atoms. The van der Waals surface area contributed by atoms with E-state index in [0.29, 0.717) is 25.1 Å². The van der Waals surface area contributed by atoms with E-state index in [0.717, 1.165) is 5.56 Å². The molecule has 1 fully saturated rings. The van der Waals surface area contributed by atoms with Crippen molar-refractivity contribution in [3.8, 4) is 0 Å². The van der Waals surface area contributed by atoms with E-state index in [-0.39, 0.29) is 24.5 Å². The number of anilines is 1. The van der Waals surface area contributed by atoms with Crippen LogP contribution < -0.4 is 10.6 Å². The van der Waals surface area contributed by atoms with Crippen molar-refractivity contribution < 1.29 is 19.4 Å². The van der Waals surface area contributed by atoms with Gasteiger partial charge in [-0.1, -0.05) is 12.1 Å². The maximum absolute atomic E-state index is 12.1. The van der Waals surface area contributed by atoms with Crippen LogP contribution in [-0.2, 0) is 20.7 Å². The van der Waals surface area contributed by atoms with E-state index in [2.05, 4.69) is 10.6 Å². The minimum Gasteiger partial charge on any atom is -0.481 e. The van der Waals surface area contributed by atoms with E-state index in [4.69, 9.17) is 9.84 Å². The van der Waals surface area contributed by atoms with Crippen molar-refractivity contribution in [1.82, 2.24) is 5.32 Å². The normalized spacial score (nSPS) is 21.2. The van der Waals surface area contributed by atoms with Crippen LogP contribution in [0.5, 0.6) is 0 Å². The molecule has 6 nitrogen and oxygen atoms in total. The number of carboxylic acids is 1. The number of aliphatic carboxylic acids is 1. The summed E-state index contributed by atoms with van der Waals surface area (Å²) in [4.78, 5) is 22.6. The predicted octanol–water partition coefficient (Wildman–Crippen LogP) is 1.02. The number of benzene rings is 1. The summed E-state index contributed by atoms with van der Waals surface area (Å²) in [5.41, 5.74) is 1.65. The molecule has 6 heteroatoms. The first kappa shape index (κ1) is 15.5. The highest BCUT2D eigenvalue weighted by molar-refractivity contribution is 5.95. The molecule has 1 aromatic rings. The Morgan fingerprint density at radius 1 is 1.38 bits per heavy atom. The van der Waals surface area contributed by atoms with Crippen molar-refractivity contribution in [2.75, 3.05) is 19.0 Å². The number of methoxy groups -OCH3 is 1. The van der Waals surface area contributed by atoms with Crippen LogP contribution >= 0.6 is 0 Å². The average Bonchev–Trinajstić information content (AvgIpc) is 2.95. The quantitative estimate of drug-likeness (QED) is 0.728. The Morgan fingerprint density at radius 2 is 2.10 bits per heavy atom. The second-order valence-corrected chi connectivity index (χ2v) is 5.13. The van der Waals surface area contributed by atoms with Gasteiger partial charge >= 0.3 is 5.97 Å². The summed E-state index contributed by atoms with van der Waals surface area (Å²) in [5.74, 6) is -0.889. The fraction of sp³-hybridized carbons (Fsp3) is 0.467. The van der Waals surface area contributed by atoms with Gasteiger partial charge in [-0.15, -0.1) is 0 Å². The fourth-order valence-corrected chi connectivity index (χ4v) is 2.32. The number of aryl methyl sites for hydroxylation is 1. The molecule has 114 valence electrons. The summed E-state index contributed by atoms with van der Waals surface area (Å²) in [5, 5.41) is 14.6. The van der Waals surface area contributed by atoms with Gasteiger partial charge in [-0.3, -0.25) is 9.59 Å². The number of amides is 1. The Bertz CT molecular complexity index is 501. The zero-order chi connectivity index (χ0) is 15.2. The van der Waals surface area contributed by atoms with Gasteiger partial charge in [0.1, 0.15) is 0 Å². The highest BCUT2D eigenvalue weighted by Crippen LogP contribution is 2.14.